The number of nitrogens with zero attached hydrogens (tertiary/aromatic N) is 2. The predicted octanol–water partition coefficient (Wildman–Crippen LogP) is 3.77. The molecular formula is C19H19N3O. The molecule has 0 unspecified atom stereocenters. The van der Waals surface area contributed by atoms with E-state index in [0.29, 0.717) is 0 Å². The van der Waals surface area contributed by atoms with Gasteiger partial charge in [0.25, 0.3) is 5.91 Å². The normalized spacial score (nSPS) is 14.6. The monoisotopic (exact) mass is 305 g/mol. The Morgan fingerprint density at radius 1 is 1.09 bits per heavy atom. The number of rotatable bonds is 2. The Balaban J connectivity index is 1.69. The van der Waals surface area contributed by atoms with Gasteiger partial charge in [-0.3, -0.25) is 4.79 Å². The van der Waals surface area contributed by atoms with Crippen LogP contribution in [0.15, 0.2) is 42.5 Å². The van der Waals surface area contributed by atoms with Crippen molar-refractivity contribution < 1.29 is 4.79 Å². The summed E-state index contributed by atoms with van der Waals surface area (Å²) in [6.45, 7) is 3.81. The van der Waals surface area contributed by atoms with E-state index in [0.717, 1.165) is 53.9 Å². The van der Waals surface area contributed by atoms with Crippen LogP contribution in [0, 0.1) is 6.92 Å². The van der Waals surface area contributed by atoms with E-state index in [1.165, 1.54) is 5.56 Å². The average molecular weight is 305 g/mol. The van der Waals surface area contributed by atoms with Gasteiger partial charge in [0.2, 0.25) is 0 Å². The van der Waals surface area contributed by atoms with Crippen molar-refractivity contribution in [2.45, 2.75) is 19.8 Å². The molecule has 3 aromatic rings. The van der Waals surface area contributed by atoms with Gasteiger partial charge in [0.15, 0.2) is 0 Å². The number of likely N-dealkylation sites (tertiary alicyclic amines) is 1. The number of carbonyl (C=O) groups is 1. The fourth-order valence-corrected chi connectivity index (χ4v) is 3.09. The van der Waals surface area contributed by atoms with Gasteiger partial charge in [0.1, 0.15) is 5.82 Å². The molecule has 1 aromatic heterocycles. The van der Waals surface area contributed by atoms with Crippen LogP contribution in [-0.2, 0) is 0 Å². The molecule has 1 amide bonds. The summed E-state index contributed by atoms with van der Waals surface area (Å²) in [7, 11) is 0. The Kier molecular flexibility index (Phi) is 3.37. The van der Waals surface area contributed by atoms with Crippen molar-refractivity contribution in [2.75, 3.05) is 13.1 Å². The Hall–Kier alpha value is -2.62. The Morgan fingerprint density at radius 3 is 2.57 bits per heavy atom. The third kappa shape index (κ3) is 2.61. The second-order valence-electron chi connectivity index (χ2n) is 6.18. The molecule has 0 radical (unpaired) electrons. The van der Waals surface area contributed by atoms with Crippen LogP contribution in [0.3, 0.4) is 0 Å². The summed E-state index contributed by atoms with van der Waals surface area (Å²) in [5.41, 5.74) is 4.81. The molecule has 0 spiro atoms. The molecule has 116 valence electrons. The lowest BCUT2D eigenvalue weighted by Gasteiger charge is -2.14. The summed E-state index contributed by atoms with van der Waals surface area (Å²) in [5, 5.41) is 0. The van der Waals surface area contributed by atoms with E-state index in [-0.39, 0.29) is 5.91 Å². The number of hydrogen-bond donors (Lipinski definition) is 1. The first-order valence-corrected chi connectivity index (χ1v) is 8.07. The lowest BCUT2D eigenvalue weighted by Crippen LogP contribution is -2.27. The van der Waals surface area contributed by atoms with Crippen LogP contribution in [0.2, 0.25) is 0 Å². The molecular weight excluding hydrogens is 286 g/mol. The molecule has 0 atom stereocenters. The third-order valence-corrected chi connectivity index (χ3v) is 4.45. The number of aryl methyl sites for hydroxylation is 1. The summed E-state index contributed by atoms with van der Waals surface area (Å²) >= 11 is 0. The first-order chi connectivity index (χ1) is 11.2. The van der Waals surface area contributed by atoms with Gasteiger partial charge in [0.05, 0.1) is 11.0 Å². The number of fused-ring (bicyclic) bond motifs is 1. The van der Waals surface area contributed by atoms with Gasteiger partial charge >= 0.3 is 0 Å². The van der Waals surface area contributed by atoms with Gasteiger partial charge < -0.3 is 9.88 Å². The van der Waals surface area contributed by atoms with Crippen molar-refractivity contribution in [2.24, 2.45) is 0 Å². The van der Waals surface area contributed by atoms with E-state index < -0.39 is 0 Å². The molecule has 1 aliphatic rings. The van der Waals surface area contributed by atoms with E-state index >= 15 is 0 Å². The maximum atomic E-state index is 12.5. The highest BCUT2D eigenvalue weighted by Crippen LogP contribution is 2.22. The minimum Gasteiger partial charge on any atom is -0.339 e. The number of amides is 1. The maximum absolute atomic E-state index is 12.5. The first-order valence-electron chi connectivity index (χ1n) is 8.07. The van der Waals surface area contributed by atoms with Crippen LogP contribution in [0.5, 0.6) is 0 Å². The third-order valence-electron chi connectivity index (χ3n) is 4.45. The van der Waals surface area contributed by atoms with Crippen LogP contribution in [-0.4, -0.2) is 33.9 Å². The van der Waals surface area contributed by atoms with Gasteiger partial charge in [-0.25, -0.2) is 4.98 Å². The number of H-pyrrole nitrogens is 1. The molecule has 1 saturated heterocycles. The highest BCUT2D eigenvalue weighted by molar-refractivity contribution is 5.97. The van der Waals surface area contributed by atoms with Crippen LogP contribution in [0.4, 0.5) is 0 Å². The van der Waals surface area contributed by atoms with E-state index in [9.17, 15) is 4.79 Å². The lowest BCUT2D eigenvalue weighted by atomic mass is 10.1. The van der Waals surface area contributed by atoms with Crippen LogP contribution < -0.4 is 0 Å². The standard InChI is InChI=1S/C19H19N3O/c1-13-4-6-14(7-5-13)18-20-16-9-8-15(12-17(16)21-18)19(23)22-10-2-3-11-22/h4-9,12H,2-3,10-11H2,1H3,(H,20,21). The van der Waals surface area contributed by atoms with Crippen LogP contribution >= 0.6 is 0 Å². The minimum absolute atomic E-state index is 0.121. The molecule has 4 heteroatoms. The van der Waals surface area contributed by atoms with Gasteiger partial charge in [-0.05, 0) is 38.0 Å². The highest BCUT2D eigenvalue weighted by Gasteiger charge is 2.20. The molecule has 2 heterocycles. The topological polar surface area (TPSA) is 49.0 Å². The summed E-state index contributed by atoms with van der Waals surface area (Å²) in [6.07, 6.45) is 2.21. The summed E-state index contributed by atoms with van der Waals surface area (Å²) in [6, 6.07) is 14.0. The molecule has 2 aromatic carbocycles. The van der Waals surface area contributed by atoms with Crippen LogP contribution in [0.25, 0.3) is 22.4 Å². The zero-order chi connectivity index (χ0) is 15.8. The maximum Gasteiger partial charge on any atom is 0.253 e. The fraction of sp³-hybridized carbons (Fsp3) is 0.263. The molecule has 0 bridgehead atoms. The number of carbonyl (C=O) groups excluding carboxylic acids is 1. The first kappa shape index (κ1) is 14.0. The average Bonchev–Trinajstić information content (AvgIpc) is 3.23. The largest absolute Gasteiger partial charge is 0.339 e. The van der Waals surface area contributed by atoms with Gasteiger partial charge in [-0.2, -0.15) is 0 Å². The minimum atomic E-state index is 0.121. The quantitative estimate of drug-likeness (QED) is 0.783. The number of benzene rings is 2. The van der Waals surface area contributed by atoms with Gasteiger partial charge in [-0.1, -0.05) is 29.8 Å². The van der Waals surface area contributed by atoms with Gasteiger partial charge in [-0.15, -0.1) is 0 Å². The highest BCUT2D eigenvalue weighted by atomic mass is 16.2. The number of aromatic amines is 1. The molecule has 1 N–H and O–H groups in total. The molecule has 4 nitrogen and oxygen atoms in total. The molecule has 0 saturated carbocycles. The smallest absolute Gasteiger partial charge is 0.253 e. The van der Waals surface area contributed by atoms with Crippen molar-refractivity contribution in [3.05, 3.63) is 53.6 Å². The van der Waals surface area contributed by atoms with Crippen molar-refractivity contribution in [3.63, 3.8) is 0 Å². The lowest BCUT2D eigenvalue weighted by molar-refractivity contribution is 0.0793. The number of imidazole rings is 1. The second kappa shape index (κ2) is 5.54. The molecule has 1 fully saturated rings. The van der Waals surface area contributed by atoms with E-state index in [4.69, 9.17) is 0 Å². The number of aromatic nitrogens is 2. The molecule has 1 aliphatic heterocycles. The Labute approximate surface area is 135 Å². The fourth-order valence-electron chi connectivity index (χ4n) is 3.09. The zero-order valence-corrected chi connectivity index (χ0v) is 13.2. The number of nitrogens with one attached hydrogen (secondary N) is 1. The molecule has 0 aliphatic carbocycles. The van der Waals surface area contributed by atoms with E-state index in [2.05, 4.69) is 41.2 Å². The SMILES string of the molecule is Cc1ccc(-c2nc3ccc(C(=O)N4CCCC4)cc3[nH]2)cc1. The zero-order valence-electron chi connectivity index (χ0n) is 13.2. The predicted molar refractivity (Wildman–Crippen MR) is 91.4 cm³/mol. The Bertz CT molecular complexity index is 858. The summed E-state index contributed by atoms with van der Waals surface area (Å²) in [4.78, 5) is 22.4. The summed E-state index contributed by atoms with van der Waals surface area (Å²) in [5.74, 6) is 0.960. The molecule has 23 heavy (non-hydrogen) atoms. The molecule has 4 rings (SSSR count). The Morgan fingerprint density at radius 2 is 1.83 bits per heavy atom. The van der Waals surface area contributed by atoms with Crippen LogP contribution in [0.1, 0.15) is 28.8 Å². The number of hydrogen-bond acceptors (Lipinski definition) is 2. The van der Waals surface area contributed by atoms with Crippen molar-refractivity contribution in [1.82, 2.24) is 14.9 Å². The van der Waals surface area contributed by atoms with E-state index in [1.807, 2.05) is 23.1 Å². The van der Waals surface area contributed by atoms with Crippen molar-refractivity contribution >= 4 is 16.9 Å². The summed E-state index contributed by atoms with van der Waals surface area (Å²) < 4.78 is 0. The second-order valence-corrected chi connectivity index (χ2v) is 6.18. The van der Waals surface area contributed by atoms with Crippen molar-refractivity contribution in [3.8, 4) is 11.4 Å². The van der Waals surface area contributed by atoms with Crippen molar-refractivity contribution in [1.29, 1.82) is 0 Å². The van der Waals surface area contributed by atoms with E-state index in [1.54, 1.807) is 0 Å². The van der Waals surface area contributed by atoms with Gasteiger partial charge in [0, 0.05) is 24.2 Å².